The predicted molar refractivity (Wildman–Crippen MR) is 110 cm³/mol. The number of para-hydroxylation sites is 1. The molecule has 1 heterocycles. The summed E-state index contributed by atoms with van der Waals surface area (Å²) in [5.74, 6) is -0.222. The number of hydrogen-bond acceptors (Lipinski definition) is 7. The van der Waals surface area contributed by atoms with Crippen molar-refractivity contribution in [3.63, 3.8) is 0 Å². The van der Waals surface area contributed by atoms with Gasteiger partial charge in [0.15, 0.2) is 6.61 Å². The maximum atomic E-state index is 12.6. The molecule has 8 nitrogen and oxygen atoms in total. The van der Waals surface area contributed by atoms with Gasteiger partial charge in [0, 0.05) is 23.6 Å². The second kappa shape index (κ2) is 9.80. The van der Waals surface area contributed by atoms with Gasteiger partial charge in [-0.1, -0.05) is 18.2 Å². The molecule has 1 aromatic heterocycles. The molecule has 0 radical (unpaired) electrons. The zero-order valence-electron chi connectivity index (χ0n) is 17.0. The first kappa shape index (κ1) is 21.2. The summed E-state index contributed by atoms with van der Waals surface area (Å²) in [7, 11) is 3.01. The minimum absolute atomic E-state index is 0.0273. The summed E-state index contributed by atoms with van der Waals surface area (Å²) >= 11 is 0. The molecule has 0 aliphatic heterocycles. The Morgan fingerprint density at radius 1 is 1.07 bits per heavy atom. The number of fused-ring (bicyclic) bond motifs is 1. The van der Waals surface area contributed by atoms with Crippen LogP contribution < -0.4 is 14.8 Å². The van der Waals surface area contributed by atoms with Gasteiger partial charge in [-0.25, -0.2) is 4.79 Å². The third-order valence-electron chi connectivity index (χ3n) is 4.35. The number of carbonyl (C=O) groups excluding carboxylic acids is 2. The van der Waals surface area contributed by atoms with Crippen LogP contribution in [0.1, 0.15) is 23.0 Å². The van der Waals surface area contributed by atoms with Crippen molar-refractivity contribution in [2.45, 2.75) is 13.5 Å². The second-order valence-electron chi connectivity index (χ2n) is 6.23. The van der Waals surface area contributed by atoms with E-state index in [-0.39, 0.29) is 12.4 Å². The molecular weight excluding hydrogens is 390 g/mol. The van der Waals surface area contributed by atoms with Crippen molar-refractivity contribution >= 4 is 28.5 Å². The van der Waals surface area contributed by atoms with Crippen molar-refractivity contribution in [2.24, 2.45) is 0 Å². The summed E-state index contributed by atoms with van der Waals surface area (Å²) in [5, 5.41) is 3.41. The SMILES string of the molecule is CCOCc1c(C(=O)OCC(=O)Nc2ccc(OC)cc2OC)oc2ccccc12. The molecule has 0 saturated heterocycles. The molecule has 0 unspecified atom stereocenters. The lowest BCUT2D eigenvalue weighted by molar-refractivity contribution is -0.119. The van der Waals surface area contributed by atoms with Gasteiger partial charge in [-0.2, -0.15) is 0 Å². The van der Waals surface area contributed by atoms with Gasteiger partial charge in [-0.15, -0.1) is 0 Å². The molecule has 0 saturated carbocycles. The van der Waals surface area contributed by atoms with Gasteiger partial charge < -0.3 is 28.7 Å². The summed E-state index contributed by atoms with van der Waals surface area (Å²) in [6.45, 7) is 2.06. The van der Waals surface area contributed by atoms with E-state index in [4.69, 9.17) is 23.4 Å². The molecule has 1 N–H and O–H groups in total. The Morgan fingerprint density at radius 3 is 2.60 bits per heavy atom. The zero-order chi connectivity index (χ0) is 21.5. The van der Waals surface area contributed by atoms with Crippen LogP contribution in [0.2, 0.25) is 0 Å². The zero-order valence-corrected chi connectivity index (χ0v) is 17.0. The molecule has 1 amide bonds. The van der Waals surface area contributed by atoms with Crippen LogP contribution in [0.25, 0.3) is 11.0 Å². The lowest BCUT2D eigenvalue weighted by atomic mass is 10.1. The lowest BCUT2D eigenvalue weighted by Gasteiger charge is -2.11. The molecule has 3 aromatic rings. The molecule has 30 heavy (non-hydrogen) atoms. The van der Waals surface area contributed by atoms with Crippen molar-refractivity contribution in [1.29, 1.82) is 0 Å². The normalized spacial score (nSPS) is 10.6. The molecule has 0 bridgehead atoms. The predicted octanol–water partition coefficient (Wildman–Crippen LogP) is 3.78. The first-order valence-corrected chi connectivity index (χ1v) is 9.34. The van der Waals surface area contributed by atoms with E-state index in [9.17, 15) is 9.59 Å². The largest absolute Gasteiger partial charge is 0.497 e. The number of rotatable bonds is 9. The van der Waals surface area contributed by atoms with Gasteiger partial charge in [0.25, 0.3) is 5.91 Å². The van der Waals surface area contributed by atoms with Crippen LogP contribution in [-0.4, -0.2) is 39.3 Å². The summed E-state index contributed by atoms with van der Waals surface area (Å²) in [4.78, 5) is 24.8. The van der Waals surface area contributed by atoms with Crippen molar-refractivity contribution in [3.05, 3.63) is 53.8 Å². The van der Waals surface area contributed by atoms with E-state index in [2.05, 4.69) is 5.32 Å². The minimum Gasteiger partial charge on any atom is -0.497 e. The van der Waals surface area contributed by atoms with Crippen LogP contribution in [-0.2, 0) is 20.9 Å². The number of amides is 1. The third-order valence-corrected chi connectivity index (χ3v) is 4.35. The number of anilines is 1. The van der Waals surface area contributed by atoms with Crippen molar-refractivity contribution in [2.75, 3.05) is 32.8 Å². The van der Waals surface area contributed by atoms with Crippen LogP contribution in [0.4, 0.5) is 5.69 Å². The third kappa shape index (κ3) is 4.72. The fraction of sp³-hybridized carbons (Fsp3) is 0.273. The van der Waals surface area contributed by atoms with Crippen LogP contribution in [0.15, 0.2) is 46.9 Å². The Bertz CT molecular complexity index is 1040. The summed E-state index contributed by atoms with van der Waals surface area (Å²) < 4.78 is 26.6. The topological polar surface area (TPSA) is 96.2 Å². The Morgan fingerprint density at radius 2 is 1.87 bits per heavy atom. The first-order chi connectivity index (χ1) is 14.6. The highest BCUT2D eigenvalue weighted by Crippen LogP contribution is 2.29. The van der Waals surface area contributed by atoms with Gasteiger partial charge in [-0.05, 0) is 25.1 Å². The van der Waals surface area contributed by atoms with E-state index < -0.39 is 18.5 Å². The number of hydrogen-bond donors (Lipinski definition) is 1. The average molecular weight is 413 g/mol. The number of carbonyl (C=O) groups is 2. The standard InChI is InChI=1S/C22H23NO7/c1-4-28-12-16-15-7-5-6-8-18(15)30-21(16)22(25)29-13-20(24)23-17-10-9-14(26-2)11-19(17)27-3/h5-11H,4,12-13H2,1-3H3,(H,23,24). The average Bonchev–Trinajstić information content (AvgIpc) is 3.15. The number of benzene rings is 2. The number of furan rings is 1. The van der Waals surface area contributed by atoms with Crippen molar-refractivity contribution < 1.29 is 33.0 Å². The van der Waals surface area contributed by atoms with Crippen LogP contribution >= 0.6 is 0 Å². The Labute approximate surface area is 173 Å². The maximum Gasteiger partial charge on any atom is 0.375 e. The van der Waals surface area contributed by atoms with Gasteiger partial charge >= 0.3 is 5.97 Å². The van der Waals surface area contributed by atoms with Gasteiger partial charge in [0.05, 0.1) is 26.5 Å². The molecular formula is C22H23NO7. The van der Waals surface area contributed by atoms with E-state index in [1.165, 1.54) is 14.2 Å². The van der Waals surface area contributed by atoms with E-state index in [0.29, 0.717) is 34.9 Å². The Balaban J connectivity index is 1.69. The molecule has 158 valence electrons. The second-order valence-corrected chi connectivity index (χ2v) is 6.23. The fourth-order valence-corrected chi connectivity index (χ4v) is 2.90. The van der Waals surface area contributed by atoms with E-state index >= 15 is 0 Å². The van der Waals surface area contributed by atoms with Crippen molar-refractivity contribution in [1.82, 2.24) is 0 Å². The lowest BCUT2D eigenvalue weighted by Crippen LogP contribution is -2.21. The number of nitrogens with one attached hydrogen (secondary N) is 1. The highest BCUT2D eigenvalue weighted by molar-refractivity contribution is 5.98. The summed E-state index contributed by atoms with van der Waals surface area (Å²) in [5.41, 5.74) is 1.57. The minimum atomic E-state index is -0.738. The van der Waals surface area contributed by atoms with Gasteiger partial charge in [0.1, 0.15) is 17.1 Å². The molecule has 0 fully saturated rings. The number of ether oxygens (including phenoxy) is 4. The van der Waals surface area contributed by atoms with E-state index in [1.807, 2.05) is 19.1 Å². The molecule has 2 aromatic carbocycles. The Hall–Kier alpha value is -3.52. The van der Waals surface area contributed by atoms with Crippen molar-refractivity contribution in [3.8, 4) is 11.5 Å². The van der Waals surface area contributed by atoms with Gasteiger partial charge in [0.2, 0.25) is 5.76 Å². The number of esters is 1. The number of methoxy groups -OCH3 is 2. The molecule has 8 heteroatoms. The quantitative estimate of drug-likeness (QED) is 0.533. The smallest absolute Gasteiger partial charge is 0.375 e. The first-order valence-electron chi connectivity index (χ1n) is 9.34. The summed E-state index contributed by atoms with van der Waals surface area (Å²) in [6.07, 6.45) is 0. The van der Waals surface area contributed by atoms with Gasteiger partial charge in [-0.3, -0.25) is 4.79 Å². The summed E-state index contributed by atoms with van der Waals surface area (Å²) in [6, 6.07) is 12.2. The monoisotopic (exact) mass is 413 g/mol. The molecule has 0 aliphatic carbocycles. The van der Waals surface area contributed by atoms with E-state index in [0.717, 1.165) is 5.39 Å². The van der Waals surface area contributed by atoms with E-state index in [1.54, 1.807) is 30.3 Å². The highest BCUT2D eigenvalue weighted by Gasteiger charge is 2.23. The van der Waals surface area contributed by atoms with Crippen LogP contribution in [0.3, 0.4) is 0 Å². The highest BCUT2D eigenvalue weighted by atomic mass is 16.5. The maximum absolute atomic E-state index is 12.6. The molecule has 0 atom stereocenters. The Kier molecular flexibility index (Phi) is 6.92. The van der Waals surface area contributed by atoms with Crippen LogP contribution in [0, 0.1) is 0 Å². The fourth-order valence-electron chi connectivity index (χ4n) is 2.90. The van der Waals surface area contributed by atoms with Crippen LogP contribution in [0.5, 0.6) is 11.5 Å². The molecule has 0 aliphatic rings. The molecule has 0 spiro atoms. The molecule has 3 rings (SSSR count).